The van der Waals surface area contributed by atoms with Crippen LogP contribution in [0.15, 0.2) is 11.1 Å². The number of H-pyrrole nitrogens is 1. The highest BCUT2D eigenvalue weighted by Crippen LogP contribution is 2.18. The number of anilines is 1. The molecule has 0 saturated heterocycles. The molecule has 0 atom stereocenters. The number of hydrogen-bond donors (Lipinski definition) is 2. The van der Waals surface area contributed by atoms with Crippen LogP contribution in [-0.4, -0.2) is 49.1 Å². The number of nitrogens with zero attached hydrogens (tertiary/aromatic N) is 2. The normalized spacial score (nSPS) is 11.7. The van der Waals surface area contributed by atoms with Crippen molar-refractivity contribution in [2.75, 3.05) is 25.9 Å². The molecule has 102 valence electrons. The molecule has 0 bridgehead atoms. The molecule has 0 unspecified atom stereocenters. The first-order chi connectivity index (χ1) is 8.39. The zero-order valence-electron chi connectivity index (χ0n) is 10.2. The van der Waals surface area contributed by atoms with Gasteiger partial charge in [0.05, 0.1) is 19.2 Å². The smallest absolute Gasteiger partial charge is 0.307 e. The number of nitrogen functional groups attached to an aromatic ring is 1. The third-order valence-electron chi connectivity index (χ3n) is 2.26. The van der Waals surface area contributed by atoms with E-state index < -0.39 is 16.0 Å². The van der Waals surface area contributed by atoms with E-state index in [2.05, 4.69) is 10.2 Å². The van der Waals surface area contributed by atoms with Gasteiger partial charge in [0, 0.05) is 13.6 Å². The molecule has 1 heterocycles. The molecule has 8 nitrogen and oxygen atoms in total. The maximum absolute atomic E-state index is 12.0. The van der Waals surface area contributed by atoms with Crippen LogP contribution >= 0.6 is 0 Å². The van der Waals surface area contributed by atoms with E-state index in [0.717, 1.165) is 10.5 Å². The van der Waals surface area contributed by atoms with E-state index in [9.17, 15) is 13.2 Å². The van der Waals surface area contributed by atoms with Crippen molar-refractivity contribution in [1.29, 1.82) is 0 Å². The van der Waals surface area contributed by atoms with E-state index in [1.54, 1.807) is 6.92 Å². The van der Waals surface area contributed by atoms with Crippen LogP contribution < -0.4 is 5.73 Å². The van der Waals surface area contributed by atoms with Crippen molar-refractivity contribution in [1.82, 2.24) is 14.5 Å². The van der Waals surface area contributed by atoms with Crippen molar-refractivity contribution in [2.45, 2.75) is 18.2 Å². The predicted octanol–water partition coefficient (Wildman–Crippen LogP) is -0.434. The van der Waals surface area contributed by atoms with E-state index in [4.69, 9.17) is 10.5 Å². The minimum atomic E-state index is -3.73. The molecular formula is C9H16N4O4S. The first kappa shape index (κ1) is 14.5. The first-order valence-electron chi connectivity index (χ1n) is 5.30. The lowest BCUT2D eigenvalue weighted by atomic mass is 10.4. The Hall–Kier alpha value is -1.61. The van der Waals surface area contributed by atoms with Gasteiger partial charge >= 0.3 is 5.97 Å². The van der Waals surface area contributed by atoms with Crippen LogP contribution in [0.1, 0.15) is 13.3 Å². The fourth-order valence-corrected chi connectivity index (χ4v) is 2.44. The predicted molar refractivity (Wildman–Crippen MR) is 64.1 cm³/mol. The third kappa shape index (κ3) is 3.20. The third-order valence-corrected chi connectivity index (χ3v) is 4.14. The number of aromatic amines is 1. The average molecular weight is 276 g/mol. The Morgan fingerprint density at radius 2 is 2.28 bits per heavy atom. The summed E-state index contributed by atoms with van der Waals surface area (Å²) in [6.45, 7) is 1.97. The van der Waals surface area contributed by atoms with E-state index in [1.165, 1.54) is 7.05 Å². The summed E-state index contributed by atoms with van der Waals surface area (Å²) in [6, 6.07) is 0. The molecule has 0 spiro atoms. The van der Waals surface area contributed by atoms with Crippen LogP contribution in [0.2, 0.25) is 0 Å². The van der Waals surface area contributed by atoms with Crippen LogP contribution in [0, 0.1) is 0 Å². The minimum Gasteiger partial charge on any atom is -0.466 e. The second-order valence-electron chi connectivity index (χ2n) is 3.53. The fourth-order valence-electron chi connectivity index (χ4n) is 1.26. The topological polar surface area (TPSA) is 118 Å². The molecule has 9 heteroatoms. The summed E-state index contributed by atoms with van der Waals surface area (Å²) in [5.74, 6) is -0.474. The standard InChI is InChI=1S/C9H16N4O4S/c1-3-17-8(14)4-5-13(2)18(15,16)7-6-11-12-9(7)10/h6H,3-5H2,1-2H3,(H3,10,11,12). The minimum absolute atomic E-state index is 0.0126. The number of esters is 1. The molecule has 0 saturated carbocycles. The summed E-state index contributed by atoms with van der Waals surface area (Å²) in [5.41, 5.74) is 5.45. The van der Waals surface area contributed by atoms with E-state index in [1.807, 2.05) is 0 Å². The number of aromatic nitrogens is 2. The average Bonchev–Trinajstić information content (AvgIpc) is 2.73. The number of carbonyl (C=O) groups excluding carboxylic acids is 1. The molecule has 1 rings (SSSR count). The first-order valence-corrected chi connectivity index (χ1v) is 6.74. The molecule has 18 heavy (non-hydrogen) atoms. The summed E-state index contributed by atoms with van der Waals surface area (Å²) in [5, 5.41) is 5.89. The lowest BCUT2D eigenvalue weighted by Crippen LogP contribution is -2.29. The molecule has 0 fully saturated rings. The Morgan fingerprint density at radius 1 is 1.61 bits per heavy atom. The van der Waals surface area contributed by atoms with E-state index >= 15 is 0 Å². The number of sulfonamides is 1. The van der Waals surface area contributed by atoms with Crippen LogP contribution in [0.4, 0.5) is 5.82 Å². The number of ether oxygens (including phenoxy) is 1. The monoisotopic (exact) mass is 276 g/mol. The molecule has 1 aromatic rings. The molecule has 0 aromatic carbocycles. The van der Waals surface area contributed by atoms with Gasteiger partial charge in [-0.1, -0.05) is 0 Å². The Bertz CT molecular complexity index is 510. The summed E-state index contributed by atoms with van der Waals surface area (Å²) < 4.78 is 29.8. The SMILES string of the molecule is CCOC(=O)CCN(C)S(=O)(=O)c1cn[nH]c1N. The second-order valence-corrected chi connectivity index (χ2v) is 5.54. The highest BCUT2D eigenvalue weighted by molar-refractivity contribution is 7.89. The molecule has 1 aromatic heterocycles. The van der Waals surface area contributed by atoms with Crippen LogP contribution in [-0.2, 0) is 19.6 Å². The fraction of sp³-hybridized carbons (Fsp3) is 0.556. The molecule has 0 radical (unpaired) electrons. The van der Waals surface area contributed by atoms with Gasteiger partial charge in [-0.05, 0) is 6.92 Å². The summed E-state index contributed by atoms with van der Waals surface area (Å²) >= 11 is 0. The van der Waals surface area contributed by atoms with Crippen LogP contribution in [0.25, 0.3) is 0 Å². The van der Waals surface area contributed by atoms with E-state index in [0.29, 0.717) is 0 Å². The van der Waals surface area contributed by atoms with Crippen molar-refractivity contribution in [3.63, 3.8) is 0 Å². The van der Waals surface area contributed by atoms with Crippen LogP contribution in [0.5, 0.6) is 0 Å². The van der Waals surface area contributed by atoms with Gasteiger partial charge < -0.3 is 10.5 Å². The molecule has 0 amide bonds. The second kappa shape index (κ2) is 5.83. The number of carbonyl (C=O) groups is 1. The van der Waals surface area contributed by atoms with Gasteiger partial charge in [0.2, 0.25) is 10.0 Å². The largest absolute Gasteiger partial charge is 0.466 e. The zero-order chi connectivity index (χ0) is 13.8. The highest BCUT2D eigenvalue weighted by atomic mass is 32.2. The van der Waals surface area contributed by atoms with E-state index in [-0.39, 0.29) is 30.3 Å². The quantitative estimate of drug-likeness (QED) is 0.680. The van der Waals surface area contributed by atoms with Crippen molar-refractivity contribution in [3.8, 4) is 0 Å². The summed E-state index contributed by atoms with van der Waals surface area (Å²) in [6.07, 6.45) is 1.12. The summed E-state index contributed by atoms with van der Waals surface area (Å²) in [4.78, 5) is 11.0. The lowest BCUT2D eigenvalue weighted by Gasteiger charge is -2.15. The lowest BCUT2D eigenvalue weighted by molar-refractivity contribution is -0.143. The Morgan fingerprint density at radius 3 is 2.78 bits per heavy atom. The van der Waals surface area contributed by atoms with Crippen molar-refractivity contribution in [2.24, 2.45) is 0 Å². The van der Waals surface area contributed by atoms with Gasteiger partial charge in [0.25, 0.3) is 0 Å². The van der Waals surface area contributed by atoms with Gasteiger partial charge in [-0.15, -0.1) is 0 Å². The number of nitrogens with two attached hydrogens (primary N) is 1. The maximum Gasteiger partial charge on any atom is 0.307 e. The molecule has 0 aliphatic rings. The highest BCUT2D eigenvalue weighted by Gasteiger charge is 2.25. The van der Waals surface area contributed by atoms with Crippen molar-refractivity contribution >= 4 is 21.8 Å². The molecular weight excluding hydrogens is 260 g/mol. The number of nitrogens with one attached hydrogen (secondary N) is 1. The Kier molecular flexibility index (Phi) is 4.68. The van der Waals surface area contributed by atoms with Crippen LogP contribution in [0.3, 0.4) is 0 Å². The number of rotatable bonds is 6. The Labute approximate surface area is 105 Å². The van der Waals surface area contributed by atoms with Gasteiger partial charge in [0.1, 0.15) is 10.7 Å². The van der Waals surface area contributed by atoms with Crippen molar-refractivity contribution in [3.05, 3.63) is 6.20 Å². The van der Waals surface area contributed by atoms with Gasteiger partial charge in [0.15, 0.2) is 0 Å². The summed E-state index contributed by atoms with van der Waals surface area (Å²) in [7, 11) is -2.37. The van der Waals surface area contributed by atoms with Gasteiger partial charge in [-0.25, -0.2) is 12.7 Å². The Balaban J connectivity index is 2.69. The molecule has 0 aliphatic carbocycles. The van der Waals surface area contributed by atoms with Gasteiger partial charge in [-0.3, -0.25) is 9.89 Å². The molecule has 0 aliphatic heterocycles. The zero-order valence-corrected chi connectivity index (χ0v) is 11.0. The van der Waals surface area contributed by atoms with Gasteiger partial charge in [-0.2, -0.15) is 5.10 Å². The maximum atomic E-state index is 12.0. The molecule has 3 N–H and O–H groups in total. The number of hydrogen-bond acceptors (Lipinski definition) is 6. The van der Waals surface area contributed by atoms with Crippen molar-refractivity contribution < 1.29 is 17.9 Å².